The van der Waals surface area contributed by atoms with E-state index in [-0.39, 0.29) is 11.3 Å². The van der Waals surface area contributed by atoms with Crippen LogP contribution < -0.4 is 5.48 Å². The number of rotatable bonds is 3. The molecule has 1 aromatic heterocycles. The number of pyridine rings is 1. The summed E-state index contributed by atoms with van der Waals surface area (Å²) in [5.41, 5.74) is -4.30. The van der Waals surface area contributed by atoms with E-state index in [1.165, 1.54) is 30.7 Å². The lowest BCUT2D eigenvalue weighted by Gasteiger charge is -2.09. The van der Waals surface area contributed by atoms with Crippen molar-refractivity contribution >= 4 is 16.0 Å². The van der Waals surface area contributed by atoms with Crippen LogP contribution in [0.4, 0.5) is 13.2 Å². The Labute approximate surface area is 99.9 Å². The van der Waals surface area contributed by atoms with E-state index < -0.39 is 21.5 Å². The van der Waals surface area contributed by atoms with Crippen LogP contribution in [-0.4, -0.2) is 24.8 Å². The predicted octanol–water partition coefficient (Wildman–Crippen LogP) is 0.901. The van der Waals surface area contributed by atoms with E-state index in [0.717, 1.165) is 0 Å². The van der Waals surface area contributed by atoms with Gasteiger partial charge in [0.05, 0.1) is 11.3 Å². The molecule has 0 aliphatic heterocycles. The van der Waals surface area contributed by atoms with Gasteiger partial charge in [-0.15, -0.1) is 4.28 Å². The summed E-state index contributed by atoms with van der Waals surface area (Å²) in [6.07, 6.45) is 1.36. The summed E-state index contributed by atoms with van der Waals surface area (Å²) in [5, 5.41) is 0. The van der Waals surface area contributed by atoms with Gasteiger partial charge in [-0.2, -0.15) is 21.6 Å². The van der Waals surface area contributed by atoms with E-state index in [4.69, 9.17) is 0 Å². The summed E-state index contributed by atoms with van der Waals surface area (Å²) in [5.74, 6) is -1.14. The van der Waals surface area contributed by atoms with Crippen LogP contribution >= 0.6 is 0 Å². The maximum atomic E-state index is 11.9. The monoisotopic (exact) mass is 284 g/mol. The van der Waals surface area contributed by atoms with E-state index in [0.29, 0.717) is 0 Å². The third-order valence-corrected chi connectivity index (χ3v) is 2.65. The molecule has 1 amide bonds. The molecule has 1 N–H and O–H groups in total. The number of amides is 1. The van der Waals surface area contributed by atoms with Crippen molar-refractivity contribution < 1.29 is 30.7 Å². The highest BCUT2D eigenvalue weighted by Crippen LogP contribution is 2.23. The van der Waals surface area contributed by atoms with Gasteiger partial charge in [0, 0.05) is 6.20 Å². The van der Waals surface area contributed by atoms with Crippen molar-refractivity contribution in [2.45, 2.75) is 12.4 Å². The number of hydrogen-bond donors (Lipinski definition) is 1. The molecule has 0 aliphatic rings. The second-order valence-corrected chi connectivity index (χ2v) is 4.59. The van der Waals surface area contributed by atoms with Gasteiger partial charge in [0.15, 0.2) is 0 Å². The van der Waals surface area contributed by atoms with E-state index >= 15 is 0 Å². The highest BCUT2D eigenvalue weighted by atomic mass is 32.2. The Hall–Kier alpha value is -1.68. The molecular weight excluding hydrogens is 277 g/mol. The number of alkyl halides is 3. The van der Waals surface area contributed by atoms with Crippen LogP contribution in [0.25, 0.3) is 0 Å². The van der Waals surface area contributed by atoms with Crippen molar-refractivity contribution in [3.8, 4) is 0 Å². The fourth-order valence-electron chi connectivity index (χ4n) is 0.919. The molecule has 0 radical (unpaired) electrons. The Morgan fingerprint density at radius 2 is 2.06 bits per heavy atom. The summed E-state index contributed by atoms with van der Waals surface area (Å²) in [7, 11) is -5.87. The third-order valence-electron chi connectivity index (χ3n) is 1.78. The smallest absolute Gasteiger partial charge is 0.267 e. The molecule has 0 atom stereocenters. The number of carbonyl (C=O) groups excluding carboxylic acids is 1. The number of halogens is 3. The maximum absolute atomic E-state index is 11.9. The predicted molar refractivity (Wildman–Crippen MR) is 52.5 cm³/mol. The molecule has 0 bridgehead atoms. The highest BCUT2D eigenvalue weighted by molar-refractivity contribution is 7.87. The fraction of sp³-hybridized carbons (Fsp3) is 0.250. The molecular formula is C8H7F3N2O4S. The van der Waals surface area contributed by atoms with Gasteiger partial charge in [-0.25, -0.2) is 5.48 Å². The van der Waals surface area contributed by atoms with Gasteiger partial charge >= 0.3 is 15.6 Å². The van der Waals surface area contributed by atoms with Crippen LogP contribution in [0.2, 0.25) is 0 Å². The number of aryl methyl sites for hydroxylation is 1. The molecule has 18 heavy (non-hydrogen) atoms. The normalized spacial score (nSPS) is 12.2. The lowest BCUT2D eigenvalue weighted by Crippen LogP contribution is -2.34. The second-order valence-electron chi connectivity index (χ2n) is 3.05. The molecule has 0 saturated heterocycles. The average Bonchev–Trinajstić information content (AvgIpc) is 2.25. The first-order valence-electron chi connectivity index (χ1n) is 4.37. The molecule has 1 rings (SSSR count). The van der Waals surface area contributed by atoms with Crippen molar-refractivity contribution in [3.63, 3.8) is 0 Å². The average molecular weight is 284 g/mol. The zero-order valence-electron chi connectivity index (χ0n) is 8.85. The Morgan fingerprint density at radius 3 is 2.56 bits per heavy atom. The first-order valence-corrected chi connectivity index (χ1v) is 5.77. The molecule has 6 nitrogen and oxygen atoms in total. The summed E-state index contributed by atoms with van der Waals surface area (Å²) >= 11 is 0. The van der Waals surface area contributed by atoms with Crippen LogP contribution in [0.3, 0.4) is 0 Å². The number of carbonyl (C=O) groups is 1. The second kappa shape index (κ2) is 4.90. The molecule has 0 fully saturated rings. The SMILES string of the molecule is Cc1ncccc1C(=O)NOS(=O)(=O)C(F)(F)F. The lowest BCUT2D eigenvalue weighted by molar-refractivity contribution is -0.0571. The Bertz CT molecular complexity index is 556. The number of hydrogen-bond acceptors (Lipinski definition) is 5. The minimum atomic E-state index is -5.87. The number of nitrogens with zero attached hydrogens (tertiary/aromatic N) is 1. The third kappa shape index (κ3) is 3.17. The summed E-state index contributed by atoms with van der Waals surface area (Å²) < 4.78 is 60.0. The number of nitrogens with one attached hydrogen (secondary N) is 1. The fourth-order valence-corrected chi connectivity index (χ4v) is 1.20. The van der Waals surface area contributed by atoms with Crippen LogP contribution in [-0.2, 0) is 14.4 Å². The topological polar surface area (TPSA) is 85.4 Å². The number of aromatic nitrogens is 1. The van der Waals surface area contributed by atoms with Gasteiger partial charge in [-0.1, -0.05) is 0 Å². The summed E-state index contributed by atoms with van der Waals surface area (Å²) in [6, 6.07) is 2.61. The quantitative estimate of drug-likeness (QED) is 0.658. The first kappa shape index (κ1) is 14.4. The zero-order chi connectivity index (χ0) is 14.0. The van der Waals surface area contributed by atoms with Gasteiger partial charge in [0.25, 0.3) is 5.91 Å². The van der Waals surface area contributed by atoms with Gasteiger partial charge in [-0.3, -0.25) is 9.78 Å². The summed E-state index contributed by atoms with van der Waals surface area (Å²) in [6.45, 7) is 1.42. The van der Waals surface area contributed by atoms with Crippen molar-refractivity contribution in [3.05, 3.63) is 29.6 Å². The largest absolute Gasteiger partial charge is 0.525 e. The van der Waals surface area contributed by atoms with Gasteiger partial charge in [0.1, 0.15) is 0 Å². The Balaban J connectivity index is 2.78. The van der Waals surface area contributed by atoms with Crippen LogP contribution in [0.15, 0.2) is 18.3 Å². The standard InChI is InChI=1S/C8H7F3N2O4S/c1-5-6(3-2-4-12-5)7(14)13-17-18(15,16)8(9,10)11/h2-4H,1H3,(H,13,14). The first-order chi connectivity index (χ1) is 8.15. The molecule has 0 aliphatic carbocycles. The van der Waals surface area contributed by atoms with E-state index in [9.17, 15) is 26.4 Å². The van der Waals surface area contributed by atoms with Crippen LogP contribution in [0, 0.1) is 6.92 Å². The summed E-state index contributed by atoms with van der Waals surface area (Å²) in [4.78, 5) is 15.0. The minimum Gasteiger partial charge on any atom is -0.267 e. The maximum Gasteiger partial charge on any atom is 0.525 e. The van der Waals surface area contributed by atoms with Crippen LogP contribution in [0.1, 0.15) is 16.1 Å². The molecule has 0 saturated carbocycles. The van der Waals surface area contributed by atoms with Crippen molar-refractivity contribution in [2.24, 2.45) is 0 Å². The molecule has 1 heterocycles. The number of hydroxylamine groups is 1. The van der Waals surface area contributed by atoms with Crippen LogP contribution in [0.5, 0.6) is 0 Å². The molecule has 0 spiro atoms. The van der Waals surface area contributed by atoms with Gasteiger partial charge in [0.2, 0.25) is 0 Å². The molecule has 10 heteroatoms. The van der Waals surface area contributed by atoms with Crippen molar-refractivity contribution in [2.75, 3.05) is 0 Å². The molecule has 1 aromatic rings. The zero-order valence-corrected chi connectivity index (χ0v) is 9.67. The molecule has 0 unspecified atom stereocenters. The molecule has 0 aromatic carbocycles. The van der Waals surface area contributed by atoms with Crippen molar-refractivity contribution in [1.82, 2.24) is 10.5 Å². The minimum absolute atomic E-state index is 0.102. The Morgan fingerprint density at radius 1 is 1.44 bits per heavy atom. The highest BCUT2D eigenvalue weighted by Gasteiger charge is 2.48. The van der Waals surface area contributed by atoms with E-state index in [2.05, 4.69) is 9.27 Å². The van der Waals surface area contributed by atoms with E-state index in [1.54, 1.807) is 0 Å². The lowest BCUT2D eigenvalue weighted by atomic mass is 10.2. The Kier molecular flexibility index (Phi) is 3.92. The van der Waals surface area contributed by atoms with Gasteiger partial charge < -0.3 is 0 Å². The van der Waals surface area contributed by atoms with Gasteiger partial charge in [-0.05, 0) is 19.1 Å². The van der Waals surface area contributed by atoms with E-state index in [1.807, 2.05) is 0 Å². The van der Waals surface area contributed by atoms with Crippen molar-refractivity contribution in [1.29, 1.82) is 0 Å². The molecule has 100 valence electrons.